The maximum Gasteiger partial charge on any atom is 0.240 e. The molecule has 0 aliphatic carbocycles. The van der Waals surface area contributed by atoms with Gasteiger partial charge in [0.15, 0.2) is 0 Å². The van der Waals surface area contributed by atoms with Gasteiger partial charge >= 0.3 is 0 Å². The fourth-order valence-corrected chi connectivity index (χ4v) is 4.41. The Labute approximate surface area is 138 Å². The van der Waals surface area contributed by atoms with Crippen LogP contribution >= 0.6 is 0 Å². The summed E-state index contributed by atoms with van der Waals surface area (Å²) >= 11 is 0. The Morgan fingerprint density at radius 1 is 1.00 bits per heavy atom. The minimum Gasteiger partial charge on any atom is -0.341 e. The summed E-state index contributed by atoms with van der Waals surface area (Å²) in [5.74, 6) is 0.305. The van der Waals surface area contributed by atoms with Crippen LogP contribution in [0.2, 0.25) is 0 Å². The summed E-state index contributed by atoms with van der Waals surface area (Å²) in [7, 11) is 0. The Kier molecular flexibility index (Phi) is 4.36. The zero-order valence-electron chi connectivity index (χ0n) is 13.8. The lowest BCUT2D eigenvalue weighted by molar-refractivity contribution is -0.135. The van der Waals surface area contributed by atoms with Gasteiger partial charge in [0.25, 0.3) is 0 Å². The van der Waals surface area contributed by atoms with Crippen molar-refractivity contribution in [1.82, 2.24) is 15.1 Å². The third-order valence-electron chi connectivity index (χ3n) is 5.81. The highest BCUT2D eigenvalue weighted by Gasteiger charge is 2.32. The largest absolute Gasteiger partial charge is 0.341 e. The maximum absolute atomic E-state index is 12.8. The zero-order chi connectivity index (χ0) is 15.6. The molecule has 1 aromatic carbocycles. The summed E-state index contributed by atoms with van der Waals surface area (Å²) in [5, 5.41) is 3.44. The highest BCUT2D eigenvalue weighted by molar-refractivity contribution is 5.82. The summed E-state index contributed by atoms with van der Waals surface area (Å²) in [6.07, 6.45) is 5.83. The van der Waals surface area contributed by atoms with E-state index in [2.05, 4.69) is 39.4 Å². The van der Waals surface area contributed by atoms with Gasteiger partial charge in [0.05, 0.1) is 6.04 Å². The van der Waals surface area contributed by atoms with E-state index in [0.717, 1.165) is 38.9 Å². The normalized spacial score (nSPS) is 26.3. The van der Waals surface area contributed by atoms with E-state index >= 15 is 0 Å². The molecule has 0 radical (unpaired) electrons. The molecule has 0 aromatic heterocycles. The van der Waals surface area contributed by atoms with Crippen molar-refractivity contribution in [2.75, 3.05) is 26.2 Å². The van der Waals surface area contributed by atoms with Gasteiger partial charge in [-0.05, 0) is 56.3 Å². The first-order valence-electron chi connectivity index (χ1n) is 9.14. The number of benzene rings is 1. The van der Waals surface area contributed by atoms with E-state index in [-0.39, 0.29) is 6.04 Å². The molecule has 23 heavy (non-hydrogen) atoms. The number of rotatable bonds is 2. The SMILES string of the molecule is O=C(C1Cc2ccccc2CN1)N1CCC(N2CCCC2)CC1. The lowest BCUT2D eigenvalue weighted by Crippen LogP contribution is -2.53. The zero-order valence-corrected chi connectivity index (χ0v) is 13.8. The molecule has 124 valence electrons. The summed E-state index contributed by atoms with van der Waals surface area (Å²) in [6.45, 7) is 5.20. The molecule has 3 heterocycles. The van der Waals surface area contributed by atoms with Crippen molar-refractivity contribution in [3.05, 3.63) is 35.4 Å². The van der Waals surface area contributed by atoms with Gasteiger partial charge in [0.1, 0.15) is 0 Å². The predicted molar refractivity (Wildman–Crippen MR) is 91.2 cm³/mol. The van der Waals surface area contributed by atoms with E-state index in [1.807, 2.05) is 0 Å². The van der Waals surface area contributed by atoms with Crippen molar-refractivity contribution in [1.29, 1.82) is 0 Å². The summed E-state index contributed by atoms with van der Waals surface area (Å²) in [5.41, 5.74) is 2.67. The maximum atomic E-state index is 12.8. The Balaban J connectivity index is 1.34. The first-order valence-corrected chi connectivity index (χ1v) is 9.14. The predicted octanol–water partition coefficient (Wildman–Crippen LogP) is 1.79. The molecular weight excluding hydrogens is 286 g/mol. The second-order valence-corrected chi connectivity index (χ2v) is 7.21. The average Bonchev–Trinajstić information content (AvgIpc) is 3.15. The highest BCUT2D eigenvalue weighted by atomic mass is 16.2. The molecule has 2 fully saturated rings. The van der Waals surface area contributed by atoms with Crippen molar-refractivity contribution < 1.29 is 4.79 Å². The molecule has 0 spiro atoms. The second-order valence-electron chi connectivity index (χ2n) is 7.21. The minimum atomic E-state index is -0.0340. The number of amides is 1. The van der Waals surface area contributed by atoms with Gasteiger partial charge in [-0.1, -0.05) is 24.3 Å². The Hall–Kier alpha value is -1.39. The van der Waals surface area contributed by atoms with Crippen LogP contribution in [-0.2, 0) is 17.8 Å². The van der Waals surface area contributed by atoms with E-state index in [0.29, 0.717) is 11.9 Å². The highest BCUT2D eigenvalue weighted by Crippen LogP contribution is 2.23. The molecule has 2 saturated heterocycles. The number of nitrogens with zero attached hydrogens (tertiary/aromatic N) is 2. The number of nitrogens with one attached hydrogen (secondary N) is 1. The Bertz CT molecular complexity index is 559. The molecular formula is C19H27N3O. The van der Waals surface area contributed by atoms with Crippen LogP contribution in [0, 0.1) is 0 Å². The summed E-state index contributed by atoms with van der Waals surface area (Å²) < 4.78 is 0. The molecule has 1 aromatic rings. The van der Waals surface area contributed by atoms with Crippen molar-refractivity contribution in [2.45, 2.75) is 50.7 Å². The Morgan fingerprint density at radius 3 is 2.43 bits per heavy atom. The molecule has 0 saturated carbocycles. The number of piperidine rings is 1. The van der Waals surface area contributed by atoms with Crippen LogP contribution < -0.4 is 5.32 Å². The van der Waals surface area contributed by atoms with E-state index in [1.165, 1.54) is 37.1 Å². The van der Waals surface area contributed by atoms with Crippen LogP contribution in [0.15, 0.2) is 24.3 Å². The lowest BCUT2D eigenvalue weighted by Gasteiger charge is -2.38. The van der Waals surface area contributed by atoms with Gasteiger partial charge in [-0.25, -0.2) is 0 Å². The van der Waals surface area contributed by atoms with Gasteiger partial charge in [-0.15, -0.1) is 0 Å². The molecule has 1 amide bonds. The average molecular weight is 313 g/mol. The van der Waals surface area contributed by atoms with E-state index in [1.54, 1.807) is 0 Å². The van der Waals surface area contributed by atoms with Crippen molar-refractivity contribution in [3.63, 3.8) is 0 Å². The second kappa shape index (κ2) is 6.62. The third-order valence-corrected chi connectivity index (χ3v) is 5.81. The van der Waals surface area contributed by atoms with E-state index < -0.39 is 0 Å². The first-order chi connectivity index (χ1) is 11.3. The van der Waals surface area contributed by atoms with Crippen LogP contribution in [-0.4, -0.2) is 54.0 Å². The number of carbonyl (C=O) groups is 1. The van der Waals surface area contributed by atoms with Crippen LogP contribution in [0.5, 0.6) is 0 Å². The summed E-state index contributed by atoms with van der Waals surface area (Å²) in [4.78, 5) is 17.6. The molecule has 4 nitrogen and oxygen atoms in total. The number of fused-ring (bicyclic) bond motifs is 1. The van der Waals surface area contributed by atoms with Crippen LogP contribution in [0.4, 0.5) is 0 Å². The smallest absolute Gasteiger partial charge is 0.240 e. The molecule has 3 aliphatic rings. The summed E-state index contributed by atoms with van der Waals surface area (Å²) in [6, 6.07) is 9.15. The van der Waals surface area contributed by atoms with Crippen LogP contribution in [0.1, 0.15) is 36.8 Å². The molecule has 4 heteroatoms. The third kappa shape index (κ3) is 3.15. The Morgan fingerprint density at radius 2 is 1.70 bits per heavy atom. The minimum absolute atomic E-state index is 0.0340. The molecule has 0 bridgehead atoms. The molecule has 3 aliphatic heterocycles. The molecule has 4 rings (SSSR count). The van der Waals surface area contributed by atoms with E-state index in [9.17, 15) is 4.79 Å². The van der Waals surface area contributed by atoms with Crippen molar-refractivity contribution in [2.24, 2.45) is 0 Å². The molecule has 1 N–H and O–H groups in total. The van der Waals surface area contributed by atoms with Crippen LogP contribution in [0.3, 0.4) is 0 Å². The van der Waals surface area contributed by atoms with Gasteiger partial charge < -0.3 is 15.1 Å². The topological polar surface area (TPSA) is 35.6 Å². The number of likely N-dealkylation sites (tertiary alicyclic amines) is 2. The van der Waals surface area contributed by atoms with Crippen molar-refractivity contribution in [3.8, 4) is 0 Å². The fraction of sp³-hybridized carbons (Fsp3) is 0.632. The van der Waals surface area contributed by atoms with E-state index in [4.69, 9.17) is 0 Å². The van der Waals surface area contributed by atoms with Gasteiger partial charge in [-0.3, -0.25) is 4.79 Å². The van der Waals surface area contributed by atoms with Crippen LogP contribution in [0.25, 0.3) is 0 Å². The van der Waals surface area contributed by atoms with Gasteiger partial charge in [-0.2, -0.15) is 0 Å². The van der Waals surface area contributed by atoms with Gasteiger partial charge in [0.2, 0.25) is 5.91 Å². The number of carbonyl (C=O) groups excluding carboxylic acids is 1. The first kappa shape index (κ1) is 15.2. The number of hydrogen-bond donors (Lipinski definition) is 1. The number of hydrogen-bond acceptors (Lipinski definition) is 3. The van der Waals surface area contributed by atoms with Crippen molar-refractivity contribution >= 4 is 5.91 Å². The standard InChI is InChI=1S/C19H27N3O/c23-19(18-13-15-5-1-2-6-16(15)14-20-18)22-11-7-17(8-12-22)21-9-3-4-10-21/h1-2,5-6,17-18,20H,3-4,7-14H2. The molecule has 1 atom stereocenters. The fourth-order valence-electron chi connectivity index (χ4n) is 4.41. The lowest BCUT2D eigenvalue weighted by atomic mass is 9.94. The van der Waals surface area contributed by atoms with Gasteiger partial charge in [0, 0.05) is 25.7 Å². The quantitative estimate of drug-likeness (QED) is 0.904. The molecule has 1 unspecified atom stereocenters. The monoisotopic (exact) mass is 313 g/mol.